The van der Waals surface area contributed by atoms with Crippen molar-refractivity contribution in [3.8, 4) is 0 Å². The molecule has 1 saturated carbocycles. The highest BCUT2D eigenvalue weighted by molar-refractivity contribution is 7.99. The fourth-order valence-corrected chi connectivity index (χ4v) is 5.40. The van der Waals surface area contributed by atoms with Gasteiger partial charge in [-0.15, -0.1) is 11.8 Å². The number of likely N-dealkylation sites (tertiary alicyclic amines) is 1. The van der Waals surface area contributed by atoms with Crippen LogP contribution in [-0.4, -0.2) is 41.1 Å². The van der Waals surface area contributed by atoms with E-state index in [4.69, 9.17) is 0 Å². The summed E-state index contributed by atoms with van der Waals surface area (Å²) in [4.78, 5) is 14.8. The quantitative estimate of drug-likeness (QED) is 0.790. The number of rotatable bonds is 1. The molecular formula is C14H24N2OS. The Morgan fingerprint density at radius 2 is 2.11 bits per heavy atom. The maximum absolute atomic E-state index is 12.6. The number of fused-ring (bicyclic) bond motifs is 2. The van der Waals surface area contributed by atoms with Crippen molar-refractivity contribution in [2.45, 2.75) is 52.1 Å². The number of hydrogen-bond donors (Lipinski definition) is 1. The molecule has 2 aliphatic heterocycles. The van der Waals surface area contributed by atoms with E-state index >= 15 is 0 Å². The van der Waals surface area contributed by atoms with E-state index in [2.05, 4.69) is 31.0 Å². The van der Waals surface area contributed by atoms with Gasteiger partial charge in [0, 0.05) is 24.2 Å². The molecule has 18 heavy (non-hydrogen) atoms. The Kier molecular flexibility index (Phi) is 2.94. The molecule has 0 aromatic rings. The van der Waals surface area contributed by atoms with Crippen molar-refractivity contribution in [2.24, 2.45) is 10.8 Å². The van der Waals surface area contributed by atoms with E-state index in [0.29, 0.717) is 22.8 Å². The van der Waals surface area contributed by atoms with Gasteiger partial charge in [0.25, 0.3) is 0 Å². The Morgan fingerprint density at radius 1 is 1.33 bits per heavy atom. The van der Waals surface area contributed by atoms with Crippen LogP contribution in [0.4, 0.5) is 0 Å². The van der Waals surface area contributed by atoms with Gasteiger partial charge in [0.1, 0.15) is 0 Å². The third kappa shape index (κ3) is 2.18. The molecule has 3 fully saturated rings. The first kappa shape index (κ1) is 12.8. The molecule has 1 aliphatic carbocycles. The first-order valence-electron chi connectivity index (χ1n) is 7.00. The lowest BCUT2D eigenvalue weighted by atomic mass is 9.65. The lowest BCUT2D eigenvalue weighted by Crippen LogP contribution is -2.47. The van der Waals surface area contributed by atoms with Crippen LogP contribution in [0.5, 0.6) is 0 Å². The Bertz CT molecular complexity index is 365. The molecule has 0 spiro atoms. The van der Waals surface area contributed by atoms with Crippen LogP contribution in [0, 0.1) is 10.8 Å². The standard InChI is InChI=1S/C14H24N2OS/c1-13(2)4-10-5-14(3,7-13)8-16(10)12(17)11-6-18-9-15-11/h10-11,15H,4-9H2,1-3H3. The van der Waals surface area contributed by atoms with Gasteiger partial charge in [-0.3, -0.25) is 10.1 Å². The van der Waals surface area contributed by atoms with Crippen molar-refractivity contribution in [2.75, 3.05) is 18.2 Å². The van der Waals surface area contributed by atoms with Gasteiger partial charge in [-0.1, -0.05) is 20.8 Å². The zero-order chi connectivity index (χ0) is 13.0. The summed E-state index contributed by atoms with van der Waals surface area (Å²) in [5.74, 6) is 2.23. The number of nitrogens with zero attached hydrogens (tertiary/aromatic N) is 1. The number of carbonyl (C=O) groups excluding carboxylic acids is 1. The van der Waals surface area contributed by atoms with Gasteiger partial charge in [-0.25, -0.2) is 0 Å². The molecule has 4 heteroatoms. The van der Waals surface area contributed by atoms with E-state index in [1.165, 1.54) is 19.3 Å². The van der Waals surface area contributed by atoms with E-state index in [9.17, 15) is 4.79 Å². The SMILES string of the molecule is CC1(C)CC2CC(C)(CN2C(=O)C2CSCN2)C1. The zero-order valence-corrected chi connectivity index (χ0v) is 12.5. The molecule has 3 unspecified atom stereocenters. The van der Waals surface area contributed by atoms with Crippen LogP contribution in [0.25, 0.3) is 0 Å². The molecule has 3 aliphatic rings. The Hall–Kier alpha value is -0.220. The van der Waals surface area contributed by atoms with Crippen molar-refractivity contribution in [3.63, 3.8) is 0 Å². The van der Waals surface area contributed by atoms with Crippen molar-refractivity contribution in [1.29, 1.82) is 0 Å². The summed E-state index contributed by atoms with van der Waals surface area (Å²) < 4.78 is 0. The second-order valence-corrected chi connectivity index (χ2v) is 8.48. The van der Waals surface area contributed by atoms with Crippen molar-refractivity contribution >= 4 is 17.7 Å². The van der Waals surface area contributed by atoms with E-state index in [0.717, 1.165) is 18.2 Å². The molecule has 102 valence electrons. The molecule has 2 bridgehead atoms. The van der Waals surface area contributed by atoms with Crippen molar-refractivity contribution in [3.05, 3.63) is 0 Å². The summed E-state index contributed by atoms with van der Waals surface area (Å²) in [6.07, 6.45) is 3.64. The highest BCUT2D eigenvalue weighted by Crippen LogP contribution is 2.52. The molecule has 1 N–H and O–H groups in total. The predicted molar refractivity (Wildman–Crippen MR) is 75.5 cm³/mol. The van der Waals surface area contributed by atoms with Crippen LogP contribution in [-0.2, 0) is 4.79 Å². The van der Waals surface area contributed by atoms with E-state index < -0.39 is 0 Å². The Labute approximate surface area is 114 Å². The Morgan fingerprint density at radius 3 is 2.78 bits per heavy atom. The number of amides is 1. The highest BCUT2D eigenvalue weighted by Gasteiger charge is 2.51. The Balaban J connectivity index is 1.77. The molecule has 0 radical (unpaired) electrons. The van der Waals surface area contributed by atoms with Crippen molar-refractivity contribution < 1.29 is 4.79 Å². The van der Waals surface area contributed by atoms with Gasteiger partial charge >= 0.3 is 0 Å². The minimum Gasteiger partial charge on any atom is -0.338 e. The van der Waals surface area contributed by atoms with Crippen LogP contribution in [0.2, 0.25) is 0 Å². The first-order chi connectivity index (χ1) is 8.39. The summed E-state index contributed by atoms with van der Waals surface area (Å²) in [6.45, 7) is 8.05. The topological polar surface area (TPSA) is 32.3 Å². The molecule has 3 atom stereocenters. The lowest BCUT2D eigenvalue weighted by molar-refractivity contribution is -0.133. The second-order valence-electron chi connectivity index (χ2n) is 7.45. The van der Waals surface area contributed by atoms with Crippen LogP contribution >= 0.6 is 11.8 Å². The molecule has 2 heterocycles. The smallest absolute Gasteiger partial charge is 0.240 e. The first-order valence-corrected chi connectivity index (χ1v) is 8.16. The maximum atomic E-state index is 12.6. The monoisotopic (exact) mass is 268 g/mol. The number of hydrogen-bond acceptors (Lipinski definition) is 3. The van der Waals surface area contributed by atoms with Gasteiger partial charge < -0.3 is 4.90 Å². The summed E-state index contributed by atoms with van der Waals surface area (Å²) in [5, 5.41) is 3.32. The largest absolute Gasteiger partial charge is 0.338 e. The second kappa shape index (κ2) is 4.14. The lowest BCUT2D eigenvalue weighted by Gasteiger charge is -2.39. The summed E-state index contributed by atoms with van der Waals surface area (Å²) >= 11 is 1.83. The third-order valence-electron chi connectivity index (χ3n) is 4.71. The van der Waals surface area contributed by atoms with Gasteiger partial charge in [0.05, 0.1) is 6.04 Å². The average Bonchev–Trinajstić information content (AvgIpc) is 2.82. The predicted octanol–water partition coefficient (Wildman–Crippen LogP) is 2.08. The van der Waals surface area contributed by atoms with E-state index in [1.807, 2.05) is 11.8 Å². The van der Waals surface area contributed by atoms with E-state index in [-0.39, 0.29) is 6.04 Å². The molecule has 3 rings (SSSR count). The van der Waals surface area contributed by atoms with Gasteiger partial charge in [0.15, 0.2) is 0 Å². The third-order valence-corrected chi connectivity index (χ3v) is 5.65. The van der Waals surface area contributed by atoms with Gasteiger partial charge in [-0.05, 0) is 30.1 Å². The minimum atomic E-state index is 0.0704. The molecule has 3 nitrogen and oxygen atoms in total. The maximum Gasteiger partial charge on any atom is 0.240 e. The van der Waals surface area contributed by atoms with Gasteiger partial charge in [-0.2, -0.15) is 0 Å². The summed E-state index contributed by atoms with van der Waals surface area (Å²) in [6, 6.07) is 0.555. The fraction of sp³-hybridized carbons (Fsp3) is 0.929. The molecule has 2 saturated heterocycles. The number of thioether (sulfide) groups is 1. The van der Waals surface area contributed by atoms with E-state index in [1.54, 1.807) is 0 Å². The summed E-state index contributed by atoms with van der Waals surface area (Å²) in [7, 11) is 0. The molecule has 0 aromatic carbocycles. The van der Waals surface area contributed by atoms with Gasteiger partial charge in [0.2, 0.25) is 5.91 Å². The molecule has 1 amide bonds. The minimum absolute atomic E-state index is 0.0704. The highest BCUT2D eigenvalue weighted by atomic mass is 32.2. The number of nitrogens with one attached hydrogen (secondary N) is 1. The fourth-order valence-electron chi connectivity index (χ4n) is 4.47. The molecule has 0 aromatic heterocycles. The normalized spacial score (nSPS) is 42.3. The van der Waals surface area contributed by atoms with Crippen LogP contribution in [0.15, 0.2) is 0 Å². The summed E-state index contributed by atoms with van der Waals surface area (Å²) in [5.41, 5.74) is 0.748. The molecular weight excluding hydrogens is 244 g/mol. The van der Waals surface area contributed by atoms with Crippen LogP contribution in [0.3, 0.4) is 0 Å². The zero-order valence-electron chi connectivity index (χ0n) is 11.7. The van der Waals surface area contributed by atoms with Crippen LogP contribution in [0.1, 0.15) is 40.0 Å². The van der Waals surface area contributed by atoms with Crippen LogP contribution < -0.4 is 5.32 Å². The number of carbonyl (C=O) groups is 1. The average molecular weight is 268 g/mol. The van der Waals surface area contributed by atoms with Crippen molar-refractivity contribution in [1.82, 2.24) is 10.2 Å².